The number of carbonyl (C=O) groups is 1. The minimum Gasteiger partial charge on any atom is -0.493 e. The summed E-state index contributed by atoms with van der Waals surface area (Å²) in [4.78, 5) is 38.3. The van der Waals surface area contributed by atoms with Crippen molar-refractivity contribution in [2.75, 3.05) is 18.8 Å². The van der Waals surface area contributed by atoms with E-state index in [1.165, 1.54) is 18.2 Å². The third kappa shape index (κ3) is 9.17. The Morgan fingerprint density at radius 2 is 1.75 bits per heavy atom. The molecule has 1 aromatic heterocycles. The number of nitrogen functional groups attached to an aromatic ring is 1. The Labute approximate surface area is 305 Å². The van der Waals surface area contributed by atoms with Crippen LogP contribution in [-0.2, 0) is 27.8 Å². The third-order valence-corrected chi connectivity index (χ3v) is 10.6. The highest BCUT2D eigenvalue weighted by Crippen LogP contribution is 2.27. The van der Waals surface area contributed by atoms with Crippen molar-refractivity contribution >= 4 is 38.9 Å². The number of halogens is 2. The highest BCUT2D eigenvalue weighted by atomic mass is 35.5. The average Bonchev–Trinajstić information content (AvgIpc) is 3.34. The Morgan fingerprint density at radius 1 is 1.08 bits per heavy atom. The van der Waals surface area contributed by atoms with Gasteiger partial charge in [-0.25, -0.2) is 17.6 Å². The van der Waals surface area contributed by atoms with Crippen molar-refractivity contribution in [3.05, 3.63) is 115 Å². The summed E-state index contributed by atoms with van der Waals surface area (Å²) in [6.07, 6.45) is -0.414. The number of aliphatic hydroxyl groups is 1. The minimum atomic E-state index is -4.21. The number of carbonyl (C=O) groups excluding carboxylic acids is 1. The third-order valence-electron chi connectivity index (χ3n) is 8.45. The molecule has 1 amide bonds. The number of nitrogens with zero attached hydrogens (tertiary/aromatic N) is 4. The molecule has 0 unspecified atom stereocenters. The molecule has 3 aromatic carbocycles. The molecule has 0 aliphatic rings. The van der Waals surface area contributed by atoms with E-state index in [-0.39, 0.29) is 34.5 Å². The number of hydrogen-bond donors (Lipinski definition) is 4. The maximum atomic E-state index is 14.7. The molecule has 52 heavy (non-hydrogen) atoms. The molecule has 0 aliphatic carbocycles. The van der Waals surface area contributed by atoms with Crippen LogP contribution in [0.5, 0.6) is 5.88 Å². The first-order valence-corrected chi connectivity index (χ1v) is 18.2. The van der Waals surface area contributed by atoms with Crippen LogP contribution < -0.4 is 16.7 Å². The molecule has 0 saturated carbocycles. The van der Waals surface area contributed by atoms with Crippen LogP contribution in [0.4, 0.5) is 15.8 Å². The van der Waals surface area contributed by atoms with Crippen LogP contribution in [0.3, 0.4) is 0 Å². The molecule has 0 saturated heterocycles. The number of aliphatic hydroxyl groups excluding tert-OH is 1. The first-order valence-electron chi connectivity index (χ1n) is 16.4. The lowest BCUT2D eigenvalue weighted by Gasteiger charge is -2.32. The lowest BCUT2D eigenvalue weighted by atomic mass is 9.98. The van der Waals surface area contributed by atoms with Crippen molar-refractivity contribution in [1.82, 2.24) is 18.8 Å². The molecule has 1 heterocycles. The molecular weight excluding hydrogens is 719 g/mol. The van der Waals surface area contributed by atoms with E-state index >= 15 is 0 Å². The molecule has 0 spiro atoms. The number of anilines is 1. The van der Waals surface area contributed by atoms with Gasteiger partial charge in [0.25, 0.3) is 5.69 Å². The van der Waals surface area contributed by atoms with Crippen molar-refractivity contribution in [3.8, 4) is 5.88 Å². The van der Waals surface area contributed by atoms with Crippen LogP contribution in [0.15, 0.2) is 82.6 Å². The Hall–Kier alpha value is -4.77. The Bertz CT molecular complexity index is 2070. The molecule has 0 aliphatic heterocycles. The molecule has 3 atom stereocenters. The lowest BCUT2D eigenvalue weighted by molar-refractivity contribution is -0.385. The number of nitrogens with one attached hydrogen (secondary N) is 1. The fourth-order valence-corrected chi connectivity index (χ4v) is 7.66. The van der Waals surface area contributed by atoms with Gasteiger partial charge in [-0.15, -0.1) is 0 Å². The zero-order valence-corrected chi connectivity index (χ0v) is 30.6. The monoisotopic (exact) mass is 760 g/mol. The van der Waals surface area contributed by atoms with Gasteiger partial charge in [0, 0.05) is 19.2 Å². The number of aromatic nitrogens is 2. The van der Waals surface area contributed by atoms with Crippen LogP contribution >= 0.6 is 11.6 Å². The first kappa shape index (κ1) is 40.0. The maximum Gasteiger partial charge on any atom is 0.332 e. The van der Waals surface area contributed by atoms with Crippen molar-refractivity contribution in [3.63, 3.8) is 0 Å². The normalized spacial score (nSPS) is 13.7. The predicted molar refractivity (Wildman–Crippen MR) is 194 cm³/mol. The largest absolute Gasteiger partial charge is 0.493 e. The zero-order chi connectivity index (χ0) is 38.5. The van der Waals surface area contributed by atoms with E-state index in [1.807, 2.05) is 13.8 Å². The second-order valence-electron chi connectivity index (χ2n) is 13.2. The summed E-state index contributed by atoms with van der Waals surface area (Å²) in [6, 6.07) is 13.6. The van der Waals surface area contributed by atoms with Gasteiger partial charge in [-0.1, -0.05) is 75.7 Å². The van der Waals surface area contributed by atoms with Crippen molar-refractivity contribution in [1.29, 1.82) is 0 Å². The van der Waals surface area contributed by atoms with Crippen molar-refractivity contribution in [2.24, 2.45) is 11.8 Å². The van der Waals surface area contributed by atoms with Crippen molar-refractivity contribution in [2.45, 2.75) is 63.7 Å². The summed E-state index contributed by atoms with van der Waals surface area (Å²) >= 11 is 6.03. The quantitative estimate of drug-likeness (QED) is 0.0729. The van der Waals surface area contributed by atoms with E-state index in [1.54, 1.807) is 44.2 Å². The predicted octanol–water partition coefficient (Wildman–Crippen LogP) is 4.32. The lowest BCUT2D eigenvalue weighted by Crippen LogP contribution is -2.53. The highest BCUT2D eigenvalue weighted by molar-refractivity contribution is 7.89. The number of benzene rings is 3. The number of sulfonamides is 1. The first-order chi connectivity index (χ1) is 24.4. The smallest absolute Gasteiger partial charge is 0.332 e. The van der Waals surface area contributed by atoms with E-state index in [2.05, 4.69) is 5.32 Å². The molecule has 0 bridgehead atoms. The Balaban J connectivity index is 1.69. The van der Waals surface area contributed by atoms with E-state index in [0.717, 1.165) is 33.3 Å². The average molecular weight is 761 g/mol. The molecule has 14 nitrogen and oxygen atoms in total. The molecule has 280 valence electrons. The van der Waals surface area contributed by atoms with Gasteiger partial charge >= 0.3 is 5.69 Å². The summed E-state index contributed by atoms with van der Waals surface area (Å²) in [5.74, 6) is -3.11. The van der Waals surface area contributed by atoms with Crippen LogP contribution in [0, 0.1) is 27.8 Å². The molecule has 0 radical (unpaired) electrons. The fourth-order valence-electron chi connectivity index (χ4n) is 5.88. The van der Waals surface area contributed by atoms with Gasteiger partial charge in [0.1, 0.15) is 11.9 Å². The second kappa shape index (κ2) is 16.7. The summed E-state index contributed by atoms with van der Waals surface area (Å²) in [5.41, 5.74) is 4.69. The maximum absolute atomic E-state index is 14.7. The molecule has 0 fully saturated rings. The summed E-state index contributed by atoms with van der Waals surface area (Å²) in [5, 5.41) is 37.0. The topological polar surface area (TPSA) is 203 Å². The zero-order valence-electron chi connectivity index (χ0n) is 29.0. The number of imidazole rings is 1. The number of nitro groups is 1. The molecular formula is C35H42ClFN6O8S. The number of hydrogen-bond acceptors (Lipinski definition) is 9. The second-order valence-corrected chi connectivity index (χ2v) is 15.6. The van der Waals surface area contributed by atoms with Gasteiger partial charge in [0.05, 0.1) is 51.0 Å². The van der Waals surface area contributed by atoms with Gasteiger partial charge in [0.15, 0.2) is 0 Å². The number of amides is 1. The molecule has 17 heteroatoms. The molecule has 5 N–H and O–H groups in total. The number of rotatable bonds is 16. The Morgan fingerprint density at radius 3 is 2.35 bits per heavy atom. The van der Waals surface area contributed by atoms with E-state index in [0.29, 0.717) is 10.1 Å². The van der Waals surface area contributed by atoms with Crippen LogP contribution in [-0.4, -0.2) is 68.1 Å². The summed E-state index contributed by atoms with van der Waals surface area (Å²) < 4.78 is 45.1. The van der Waals surface area contributed by atoms with Crippen LogP contribution in [0.2, 0.25) is 5.02 Å². The van der Waals surface area contributed by atoms with Gasteiger partial charge in [-0.05, 0) is 48.1 Å². The van der Waals surface area contributed by atoms with Gasteiger partial charge < -0.3 is 21.3 Å². The molecule has 4 rings (SSSR count). The van der Waals surface area contributed by atoms with Gasteiger partial charge in [-0.3, -0.25) is 24.0 Å². The fraction of sp³-hybridized carbons (Fsp3) is 0.371. The SMILES string of the molecule is CC(C)CN(C[C@@H](O)[C@H](Cc1ccccc1)NC(=O)[C@H](C(C)C)n1cc(O)n(Cc2c(F)cccc2[N+](=O)[O-])c1=O)S(=O)(=O)c1ccc(Cl)c(N)c1. The van der Waals surface area contributed by atoms with E-state index in [9.17, 15) is 42.7 Å². The van der Waals surface area contributed by atoms with Crippen LogP contribution in [0.25, 0.3) is 0 Å². The number of nitro benzene ring substituents is 1. The minimum absolute atomic E-state index is 0.0188. The van der Waals surface area contributed by atoms with Crippen LogP contribution in [0.1, 0.15) is 44.9 Å². The van der Waals surface area contributed by atoms with Crippen molar-refractivity contribution < 1.29 is 32.7 Å². The standard InChI is InChI=1S/C35H42ClFN6O8S/c1-21(2)17-40(52(50,51)24-13-14-26(36)28(38)16-24)19-31(44)29(15-23-9-6-5-7-10-23)39-34(46)33(22(3)4)42-20-32(45)41(35(42)47)18-25-27(37)11-8-12-30(25)43(48)49/h5-14,16,20-22,29,31,33,44-45H,15,17-19,38H2,1-4H3,(H,39,46)/t29-,31+,33-/m0/s1. The van der Waals surface area contributed by atoms with Gasteiger partial charge in [-0.2, -0.15) is 4.31 Å². The Kier molecular flexibility index (Phi) is 12.9. The number of aromatic hydroxyl groups is 1. The van der Waals surface area contributed by atoms with Gasteiger partial charge in [0.2, 0.25) is 21.8 Å². The molecule has 4 aromatic rings. The highest BCUT2D eigenvalue weighted by Gasteiger charge is 2.35. The number of nitrogens with two attached hydrogens (primary N) is 1. The van der Waals surface area contributed by atoms with E-state index in [4.69, 9.17) is 17.3 Å². The van der Waals surface area contributed by atoms with E-state index < -0.39 is 86.7 Å². The summed E-state index contributed by atoms with van der Waals surface area (Å²) in [7, 11) is -4.21. The summed E-state index contributed by atoms with van der Waals surface area (Å²) in [6.45, 7) is 5.81.